The Balaban J connectivity index is 2.27. The summed E-state index contributed by atoms with van der Waals surface area (Å²) < 4.78 is 14.1. The second-order valence-corrected chi connectivity index (χ2v) is 5.09. The first-order chi connectivity index (χ1) is 8.22. The Morgan fingerprint density at radius 2 is 2.18 bits per heavy atom. The zero-order chi connectivity index (χ0) is 12.3. The molecule has 92 valence electrons. The van der Waals surface area contributed by atoms with E-state index in [1.54, 1.807) is 6.08 Å². The lowest BCUT2D eigenvalue weighted by atomic mass is 9.96. The monoisotopic (exact) mass is 232 g/mol. The van der Waals surface area contributed by atoms with Gasteiger partial charge < -0.3 is 0 Å². The molecule has 1 aliphatic carbocycles. The quantitative estimate of drug-likeness (QED) is 0.665. The van der Waals surface area contributed by atoms with E-state index in [1.807, 2.05) is 12.1 Å². The Morgan fingerprint density at radius 3 is 2.82 bits per heavy atom. The molecule has 0 saturated heterocycles. The Bertz CT molecular complexity index is 414. The highest BCUT2D eigenvalue weighted by atomic mass is 19.1. The van der Waals surface area contributed by atoms with Gasteiger partial charge in [0, 0.05) is 5.56 Å². The van der Waals surface area contributed by atoms with E-state index >= 15 is 0 Å². The molecule has 0 amide bonds. The molecule has 17 heavy (non-hydrogen) atoms. The van der Waals surface area contributed by atoms with Crippen LogP contribution in [0.25, 0.3) is 5.83 Å². The second-order valence-electron chi connectivity index (χ2n) is 5.09. The minimum atomic E-state index is -0.0359. The summed E-state index contributed by atoms with van der Waals surface area (Å²) in [5, 5.41) is 0. The van der Waals surface area contributed by atoms with Gasteiger partial charge in [0.1, 0.15) is 5.83 Å². The molecule has 1 fully saturated rings. The predicted octanol–water partition coefficient (Wildman–Crippen LogP) is 5.06. The lowest BCUT2D eigenvalue weighted by Crippen LogP contribution is -1.97. The molecule has 0 aliphatic heterocycles. The Morgan fingerprint density at radius 1 is 1.41 bits per heavy atom. The molecule has 1 aromatic carbocycles. The highest BCUT2D eigenvalue weighted by Crippen LogP contribution is 2.36. The number of halogens is 1. The maximum absolute atomic E-state index is 14.1. The van der Waals surface area contributed by atoms with Gasteiger partial charge in [0.15, 0.2) is 0 Å². The molecule has 0 atom stereocenters. The van der Waals surface area contributed by atoms with Crippen LogP contribution < -0.4 is 0 Å². The SMILES string of the molecule is CCC/C=C(\F)c1cccc(C)c1CC1CC1. The molecular weight excluding hydrogens is 211 g/mol. The lowest BCUT2D eigenvalue weighted by molar-refractivity contribution is 0.741. The second kappa shape index (κ2) is 5.48. The van der Waals surface area contributed by atoms with Crippen molar-refractivity contribution < 1.29 is 4.39 Å². The molecule has 0 aromatic heterocycles. The van der Waals surface area contributed by atoms with Gasteiger partial charge in [-0.3, -0.25) is 0 Å². The summed E-state index contributed by atoms with van der Waals surface area (Å²) in [6.45, 7) is 4.17. The first-order valence-corrected chi connectivity index (χ1v) is 6.67. The van der Waals surface area contributed by atoms with Crippen LogP contribution in [0.15, 0.2) is 24.3 Å². The third-order valence-corrected chi connectivity index (χ3v) is 3.47. The average molecular weight is 232 g/mol. The van der Waals surface area contributed by atoms with Gasteiger partial charge in [-0.2, -0.15) is 0 Å². The maximum Gasteiger partial charge on any atom is 0.126 e. The Labute approximate surface area is 104 Å². The number of unbranched alkanes of at least 4 members (excludes halogenated alkanes) is 1. The van der Waals surface area contributed by atoms with Crippen LogP contribution in [-0.4, -0.2) is 0 Å². The van der Waals surface area contributed by atoms with Crippen LogP contribution in [0.3, 0.4) is 0 Å². The van der Waals surface area contributed by atoms with Crippen molar-refractivity contribution in [3.8, 4) is 0 Å². The van der Waals surface area contributed by atoms with Crippen molar-refractivity contribution in [1.82, 2.24) is 0 Å². The molecule has 1 aliphatic rings. The van der Waals surface area contributed by atoms with Crippen LogP contribution in [0.4, 0.5) is 4.39 Å². The van der Waals surface area contributed by atoms with Crippen molar-refractivity contribution in [3.63, 3.8) is 0 Å². The molecule has 1 heteroatoms. The normalized spacial score (nSPS) is 16.3. The van der Waals surface area contributed by atoms with Gasteiger partial charge in [0.25, 0.3) is 0 Å². The standard InChI is InChI=1S/C16H21F/c1-3-4-8-16(17)14-7-5-6-12(2)15(14)11-13-9-10-13/h5-8,13H,3-4,9-11H2,1-2H3/b16-8-. The van der Waals surface area contributed by atoms with Gasteiger partial charge in [-0.25, -0.2) is 4.39 Å². The van der Waals surface area contributed by atoms with E-state index in [-0.39, 0.29) is 5.83 Å². The number of rotatable bonds is 5. The van der Waals surface area contributed by atoms with E-state index in [1.165, 1.54) is 24.0 Å². The molecule has 0 nitrogen and oxygen atoms in total. The molecule has 1 aromatic rings. The van der Waals surface area contributed by atoms with E-state index in [0.29, 0.717) is 0 Å². The van der Waals surface area contributed by atoms with Crippen LogP contribution in [0, 0.1) is 12.8 Å². The number of hydrogen-bond acceptors (Lipinski definition) is 0. The van der Waals surface area contributed by atoms with Crippen LogP contribution >= 0.6 is 0 Å². The van der Waals surface area contributed by atoms with Crippen LogP contribution in [-0.2, 0) is 6.42 Å². The summed E-state index contributed by atoms with van der Waals surface area (Å²) in [6, 6.07) is 5.97. The summed E-state index contributed by atoms with van der Waals surface area (Å²) in [5.74, 6) is 0.764. The molecule has 2 rings (SSSR count). The van der Waals surface area contributed by atoms with Crippen molar-refractivity contribution >= 4 is 5.83 Å². The van der Waals surface area contributed by atoms with Gasteiger partial charge in [-0.05, 0) is 55.7 Å². The molecule has 0 bridgehead atoms. The predicted molar refractivity (Wildman–Crippen MR) is 71.6 cm³/mol. The van der Waals surface area contributed by atoms with Gasteiger partial charge in [0.05, 0.1) is 0 Å². The largest absolute Gasteiger partial charge is 0.207 e. The molecule has 0 radical (unpaired) electrons. The minimum absolute atomic E-state index is 0.0359. The average Bonchev–Trinajstić information content (AvgIpc) is 3.12. The van der Waals surface area contributed by atoms with Gasteiger partial charge >= 0.3 is 0 Å². The van der Waals surface area contributed by atoms with Gasteiger partial charge in [0.2, 0.25) is 0 Å². The number of aryl methyl sites for hydroxylation is 1. The number of benzene rings is 1. The molecule has 0 spiro atoms. The summed E-state index contributed by atoms with van der Waals surface area (Å²) in [5.41, 5.74) is 3.28. The molecule has 0 heterocycles. The van der Waals surface area contributed by atoms with Crippen LogP contribution in [0.5, 0.6) is 0 Å². The number of allylic oxidation sites excluding steroid dienone is 1. The van der Waals surface area contributed by atoms with Crippen molar-refractivity contribution in [2.75, 3.05) is 0 Å². The molecule has 0 N–H and O–H groups in total. The fourth-order valence-electron chi connectivity index (χ4n) is 2.19. The summed E-state index contributed by atoms with van der Waals surface area (Å²) >= 11 is 0. The van der Waals surface area contributed by atoms with E-state index < -0.39 is 0 Å². The first-order valence-electron chi connectivity index (χ1n) is 6.67. The van der Waals surface area contributed by atoms with Gasteiger partial charge in [-0.15, -0.1) is 0 Å². The lowest BCUT2D eigenvalue weighted by Gasteiger charge is -2.11. The smallest absolute Gasteiger partial charge is 0.126 e. The van der Waals surface area contributed by atoms with Crippen molar-refractivity contribution in [2.24, 2.45) is 5.92 Å². The third kappa shape index (κ3) is 3.18. The number of hydrogen-bond donors (Lipinski definition) is 0. The van der Waals surface area contributed by atoms with E-state index in [9.17, 15) is 4.39 Å². The summed E-state index contributed by atoms with van der Waals surface area (Å²) in [6.07, 6.45) is 7.22. The molecular formula is C16H21F. The first kappa shape index (κ1) is 12.3. The molecule has 1 saturated carbocycles. The van der Waals surface area contributed by atoms with E-state index in [0.717, 1.165) is 30.7 Å². The minimum Gasteiger partial charge on any atom is -0.207 e. The van der Waals surface area contributed by atoms with Crippen LogP contribution in [0.2, 0.25) is 0 Å². The highest BCUT2D eigenvalue weighted by molar-refractivity contribution is 5.63. The van der Waals surface area contributed by atoms with Crippen molar-refractivity contribution in [3.05, 3.63) is 41.0 Å². The van der Waals surface area contributed by atoms with E-state index in [2.05, 4.69) is 19.9 Å². The fraction of sp³-hybridized carbons (Fsp3) is 0.500. The third-order valence-electron chi connectivity index (χ3n) is 3.47. The van der Waals surface area contributed by atoms with Gasteiger partial charge in [-0.1, -0.05) is 31.5 Å². The summed E-state index contributed by atoms with van der Waals surface area (Å²) in [7, 11) is 0. The zero-order valence-electron chi connectivity index (χ0n) is 10.8. The van der Waals surface area contributed by atoms with E-state index in [4.69, 9.17) is 0 Å². The Kier molecular flexibility index (Phi) is 3.98. The highest BCUT2D eigenvalue weighted by Gasteiger charge is 2.24. The summed E-state index contributed by atoms with van der Waals surface area (Å²) in [4.78, 5) is 0. The topological polar surface area (TPSA) is 0 Å². The fourth-order valence-corrected chi connectivity index (χ4v) is 2.19. The molecule has 0 unspecified atom stereocenters. The zero-order valence-corrected chi connectivity index (χ0v) is 10.8. The maximum atomic E-state index is 14.1. The Hall–Kier alpha value is -1.11. The van der Waals surface area contributed by atoms with Crippen molar-refractivity contribution in [1.29, 1.82) is 0 Å². The van der Waals surface area contributed by atoms with Crippen molar-refractivity contribution in [2.45, 2.75) is 46.0 Å². The van der Waals surface area contributed by atoms with Crippen LogP contribution in [0.1, 0.15) is 49.3 Å².